The minimum Gasteiger partial charge on any atom is -0.609 e. The molecule has 9 heteroatoms. The molecule has 2 unspecified atom stereocenters. The second-order valence-corrected chi connectivity index (χ2v) is 8.77. The molecule has 1 aromatic carbocycles. The summed E-state index contributed by atoms with van der Waals surface area (Å²) < 4.78 is 11.6. The molecule has 1 N–H and O–H groups in total. The molecule has 0 spiro atoms. The summed E-state index contributed by atoms with van der Waals surface area (Å²) in [5.74, 6) is -0.287. The molecule has 1 amide bonds. The summed E-state index contributed by atoms with van der Waals surface area (Å²) in [7, 11) is 1.69. The van der Waals surface area contributed by atoms with Crippen molar-refractivity contribution in [2.75, 3.05) is 19.8 Å². The Bertz CT molecular complexity index is 1040. The van der Waals surface area contributed by atoms with Gasteiger partial charge >= 0.3 is 5.16 Å². The van der Waals surface area contributed by atoms with Gasteiger partial charge in [-0.3, -0.25) is 4.79 Å². The maximum Gasteiger partial charge on any atom is 0.343 e. The lowest BCUT2D eigenvalue weighted by molar-refractivity contribution is -0.143. The molecule has 28 heavy (non-hydrogen) atoms. The van der Waals surface area contributed by atoms with Gasteiger partial charge in [0.2, 0.25) is 0 Å². The van der Waals surface area contributed by atoms with Gasteiger partial charge in [0, 0.05) is 48.3 Å². The number of likely N-dealkylation sites (tertiary alicyclic amines) is 1. The van der Waals surface area contributed by atoms with Crippen LogP contribution in [-0.4, -0.2) is 55.3 Å². The van der Waals surface area contributed by atoms with Crippen LogP contribution in [0.25, 0.3) is 22.0 Å². The van der Waals surface area contributed by atoms with Crippen molar-refractivity contribution in [1.82, 2.24) is 19.9 Å². The van der Waals surface area contributed by atoms with Crippen LogP contribution in [0, 0.1) is 0 Å². The van der Waals surface area contributed by atoms with Crippen LogP contribution < -0.4 is 0 Å². The summed E-state index contributed by atoms with van der Waals surface area (Å²) in [6.07, 6.45) is 3.47. The van der Waals surface area contributed by atoms with E-state index in [1.54, 1.807) is 25.4 Å². The summed E-state index contributed by atoms with van der Waals surface area (Å²) in [4.78, 5) is 26.9. The van der Waals surface area contributed by atoms with Crippen LogP contribution in [0.1, 0.15) is 12.0 Å². The number of aromatic nitrogens is 3. The monoisotopic (exact) mass is 414 g/mol. The van der Waals surface area contributed by atoms with Crippen molar-refractivity contribution < 1.29 is 14.5 Å². The van der Waals surface area contributed by atoms with Crippen LogP contribution in [0.15, 0.2) is 47.1 Å². The Morgan fingerprint density at radius 1 is 1.29 bits per heavy atom. The van der Waals surface area contributed by atoms with Crippen molar-refractivity contribution in [3.05, 3.63) is 47.5 Å². The first-order chi connectivity index (χ1) is 13.4. The van der Waals surface area contributed by atoms with Gasteiger partial charge < -0.3 is 14.6 Å². The predicted octanol–water partition coefficient (Wildman–Crippen LogP) is 2.05. The van der Waals surface area contributed by atoms with Crippen molar-refractivity contribution >= 4 is 28.4 Å². The third-order valence-corrected chi connectivity index (χ3v) is 6.34. The Morgan fingerprint density at radius 3 is 2.82 bits per heavy atom. The number of amides is 1. The van der Waals surface area contributed by atoms with Gasteiger partial charge in [-0.05, 0) is 17.7 Å². The molecule has 3 aromatic rings. The number of hydrogen-bond acceptors (Lipinski definition) is 7. The summed E-state index contributed by atoms with van der Waals surface area (Å²) >= 11 is 0.151. The topological polar surface area (TPSA) is 102 Å². The highest BCUT2D eigenvalue weighted by Gasteiger charge is 2.45. The van der Waals surface area contributed by atoms with Crippen LogP contribution in [0.3, 0.4) is 0 Å². The summed E-state index contributed by atoms with van der Waals surface area (Å²) in [5.41, 5.74) is 1.22. The fourth-order valence-corrected chi connectivity index (χ4v) is 4.41. The molecule has 7 nitrogen and oxygen atoms in total. The van der Waals surface area contributed by atoms with E-state index in [0.29, 0.717) is 29.2 Å². The molecule has 1 aliphatic heterocycles. The second-order valence-electron chi connectivity index (χ2n) is 6.63. The van der Waals surface area contributed by atoms with Gasteiger partial charge in [0.25, 0.3) is 5.91 Å². The molecule has 0 aliphatic carbocycles. The molecule has 144 valence electrons. The highest BCUT2D eigenvalue weighted by molar-refractivity contribution is 7.90. The highest BCUT2D eigenvalue weighted by atomic mass is 32.2. The quantitative estimate of drug-likeness (QED) is 0.518. The van der Waals surface area contributed by atoms with E-state index < -0.39 is 16.8 Å². The number of hydrogen-bond donors (Lipinski definition) is 1. The number of benzene rings is 1. The van der Waals surface area contributed by atoms with Crippen molar-refractivity contribution in [3.8, 4) is 22.0 Å². The van der Waals surface area contributed by atoms with Gasteiger partial charge in [-0.25, -0.2) is 4.98 Å². The minimum atomic E-state index is -1.49. The smallest absolute Gasteiger partial charge is 0.343 e. The number of carbonyl (C=O) groups excluding carboxylic acids is 1. The lowest BCUT2D eigenvalue weighted by Crippen LogP contribution is -2.36. The average molecular weight is 415 g/mol. The lowest BCUT2D eigenvalue weighted by atomic mass is 9.90. The maximum atomic E-state index is 12.4. The highest BCUT2D eigenvalue weighted by Crippen LogP contribution is 2.35. The van der Waals surface area contributed by atoms with Gasteiger partial charge in [0.1, 0.15) is 17.0 Å². The van der Waals surface area contributed by atoms with E-state index in [4.69, 9.17) is 0 Å². The summed E-state index contributed by atoms with van der Waals surface area (Å²) in [6, 6.07) is 9.01. The Hall–Kier alpha value is -2.33. The molecule has 1 saturated heterocycles. The van der Waals surface area contributed by atoms with Crippen molar-refractivity contribution in [1.29, 1.82) is 0 Å². The van der Waals surface area contributed by atoms with Crippen molar-refractivity contribution in [2.45, 2.75) is 17.2 Å². The van der Waals surface area contributed by atoms with Gasteiger partial charge in [-0.1, -0.05) is 18.2 Å². The minimum absolute atomic E-state index is 0.266. The number of carbonyl (C=O) groups is 1. The van der Waals surface area contributed by atoms with Gasteiger partial charge in [0.05, 0.1) is 5.69 Å². The third kappa shape index (κ3) is 3.30. The van der Waals surface area contributed by atoms with E-state index in [9.17, 15) is 14.5 Å². The number of thiazole rings is 1. The molecule has 0 saturated carbocycles. The molecule has 0 bridgehead atoms. The molecule has 3 heterocycles. The zero-order valence-corrected chi connectivity index (χ0v) is 17.0. The first-order valence-corrected chi connectivity index (χ1v) is 11.0. The van der Waals surface area contributed by atoms with Crippen molar-refractivity contribution in [3.63, 3.8) is 0 Å². The molecule has 1 aliphatic rings. The van der Waals surface area contributed by atoms with E-state index in [2.05, 4.69) is 15.0 Å². The predicted molar refractivity (Wildman–Crippen MR) is 107 cm³/mol. The van der Waals surface area contributed by atoms with E-state index in [0.717, 1.165) is 11.3 Å². The van der Waals surface area contributed by atoms with Crippen LogP contribution >= 0.6 is 11.3 Å². The van der Waals surface area contributed by atoms with E-state index >= 15 is 0 Å². The largest absolute Gasteiger partial charge is 0.609 e. The second kappa shape index (κ2) is 7.25. The normalized spacial score (nSPS) is 20.6. The number of aliphatic hydroxyl groups is 1. The summed E-state index contributed by atoms with van der Waals surface area (Å²) in [5, 5.41) is 13.7. The fraction of sp³-hybridized carbons (Fsp3) is 0.263. The van der Waals surface area contributed by atoms with Gasteiger partial charge in [-0.2, -0.15) is 9.97 Å². The Kier molecular flexibility index (Phi) is 4.92. The first kappa shape index (κ1) is 19.0. The van der Waals surface area contributed by atoms with Crippen LogP contribution in [-0.2, 0) is 21.6 Å². The molecular weight excluding hydrogens is 396 g/mol. The number of rotatable bonds is 4. The van der Waals surface area contributed by atoms with Crippen molar-refractivity contribution in [2.24, 2.45) is 0 Å². The lowest BCUT2D eigenvalue weighted by Gasteiger charge is -2.21. The SMILES string of the molecule is CN1CCC(O)(c2cccc(-c3csc(-c4ccnc([S+](C)[O-])n4)n3)c2)C1=O. The molecule has 1 fully saturated rings. The summed E-state index contributed by atoms with van der Waals surface area (Å²) in [6.45, 7) is 0.523. The van der Waals surface area contributed by atoms with E-state index in [1.165, 1.54) is 22.5 Å². The zero-order chi connectivity index (χ0) is 19.9. The Balaban J connectivity index is 1.67. The van der Waals surface area contributed by atoms with Crippen LogP contribution in [0.4, 0.5) is 0 Å². The maximum absolute atomic E-state index is 12.4. The first-order valence-electron chi connectivity index (χ1n) is 8.60. The zero-order valence-electron chi connectivity index (χ0n) is 15.3. The molecular formula is C19H18N4O3S2. The third-order valence-electron chi connectivity index (χ3n) is 4.76. The Morgan fingerprint density at radius 2 is 2.11 bits per heavy atom. The van der Waals surface area contributed by atoms with Crippen LogP contribution in [0.2, 0.25) is 0 Å². The number of nitrogens with zero attached hydrogens (tertiary/aromatic N) is 4. The average Bonchev–Trinajstić information content (AvgIpc) is 3.30. The Labute approximate surface area is 169 Å². The molecule has 2 atom stereocenters. The fourth-order valence-electron chi connectivity index (χ4n) is 3.18. The van der Waals surface area contributed by atoms with E-state index in [1.807, 2.05) is 23.6 Å². The van der Waals surface area contributed by atoms with E-state index in [-0.39, 0.29) is 11.1 Å². The number of likely N-dealkylation sites (N-methyl/N-ethyl adjacent to an activating group) is 1. The van der Waals surface area contributed by atoms with Crippen LogP contribution in [0.5, 0.6) is 0 Å². The molecule has 4 rings (SSSR count). The van der Waals surface area contributed by atoms with Gasteiger partial charge in [-0.15, -0.1) is 11.3 Å². The molecule has 0 radical (unpaired) electrons. The standard InChI is InChI=1S/C19H18N4O3S2/c1-23-9-7-19(25,17(23)24)13-5-3-4-12(10-13)15-11-27-16(21-15)14-6-8-20-18(22-14)28(2)26/h3-6,8,10-11,25H,7,9H2,1-2H3. The van der Waals surface area contributed by atoms with Gasteiger partial charge in [0.15, 0.2) is 5.60 Å². The molecule has 2 aromatic heterocycles.